The third kappa shape index (κ3) is 2.62. The van der Waals surface area contributed by atoms with Gasteiger partial charge in [-0.05, 0) is 35.7 Å². The van der Waals surface area contributed by atoms with Crippen LogP contribution < -0.4 is 0 Å². The molecule has 26 heavy (non-hydrogen) atoms. The van der Waals surface area contributed by atoms with Gasteiger partial charge in [0.1, 0.15) is 5.82 Å². The quantitative estimate of drug-likeness (QED) is 0.683. The van der Waals surface area contributed by atoms with Gasteiger partial charge in [0.05, 0.1) is 18.1 Å². The van der Waals surface area contributed by atoms with Crippen molar-refractivity contribution >= 4 is 16.8 Å². The van der Waals surface area contributed by atoms with Crippen LogP contribution in [0.2, 0.25) is 0 Å². The van der Waals surface area contributed by atoms with Crippen LogP contribution in [0.15, 0.2) is 54.7 Å². The van der Waals surface area contributed by atoms with Crippen LogP contribution in [-0.4, -0.2) is 27.3 Å². The highest BCUT2D eigenvalue weighted by Crippen LogP contribution is 2.34. The lowest BCUT2D eigenvalue weighted by Gasteiger charge is -2.14. The smallest absolute Gasteiger partial charge is 0.254 e. The Morgan fingerprint density at radius 2 is 2.12 bits per heavy atom. The third-order valence-corrected chi connectivity index (χ3v) is 4.60. The maximum atomic E-state index is 12.6. The van der Waals surface area contributed by atoms with Gasteiger partial charge in [0, 0.05) is 29.3 Å². The lowest BCUT2D eigenvalue weighted by molar-refractivity contribution is 0.0794. The molecule has 0 radical (unpaired) electrons. The number of amides is 1. The summed E-state index contributed by atoms with van der Waals surface area (Å²) in [4.78, 5) is 23.0. The average molecular weight is 340 g/mol. The van der Waals surface area contributed by atoms with Gasteiger partial charge in [-0.1, -0.05) is 30.8 Å². The highest BCUT2D eigenvalue weighted by molar-refractivity contribution is 6.01. The van der Waals surface area contributed by atoms with Gasteiger partial charge >= 0.3 is 0 Å². The molecular formula is C21H16N4O. The molecule has 2 heterocycles. The van der Waals surface area contributed by atoms with Gasteiger partial charge in [0.2, 0.25) is 0 Å². The van der Waals surface area contributed by atoms with Gasteiger partial charge < -0.3 is 4.90 Å². The molecule has 3 aromatic rings. The minimum absolute atomic E-state index is 0.0581. The number of benzene rings is 2. The summed E-state index contributed by atoms with van der Waals surface area (Å²) in [6.45, 7) is 6.29. The molecule has 0 bridgehead atoms. The van der Waals surface area contributed by atoms with E-state index in [2.05, 4.69) is 16.5 Å². The van der Waals surface area contributed by atoms with E-state index in [1.807, 2.05) is 55.6 Å². The van der Waals surface area contributed by atoms with E-state index in [4.69, 9.17) is 5.26 Å². The molecule has 5 heteroatoms. The van der Waals surface area contributed by atoms with E-state index in [0.29, 0.717) is 17.7 Å². The summed E-state index contributed by atoms with van der Waals surface area (Å²) < 4.78 is 0. The van der Waals surface area contributed by atoms with Crippen molar-refractivity contribution < 1.29 is 4.79 Å². The molecule has 1 aromatic heterocycles. The molecule has 1 aliphatic rings. The molecule has 4 rings (SSSR count). The maximum Gasteiger partial charge on any atom is 0.254 e. The van der Waals surface area contributed by atoms with E-state index in [1.165, 1.54) is 0 Å². The Hall–Kier alpha value is -3.52. The van der Waals surface area contributed by atoms with Gasteiger partial charge in [-0.3, -0.25) is 4.79 Å². The van der Waals surface area contributed by atoms with Crippen molar-refractivity contribution in [2.24, 2.45) is 0 Å². The van der Waals surface area contributed by atoms with Crippen molar-refractivity contribution in [2.75, 3.05) is 6.54 Å². The highest BCUT2D eigenvalue weighted by atomic mass is 16.2. The number of hydrogen-bond donors (Lipinski definition) is 0. The number of carbonyl (C=O) groups is 1. The molecule has 0 fully saturated rings. The zero-order valence-electron chi connectivity index (χ0n) is 14.4. The Kier molecular flexibility index (Phi) is 3.74. The number of rotatable bonds is 3. The van der Waals surface area contributed by atoms with E-state index >= 15 is 0 Å². The van der Waals surface area contributed by atoms with E-state index in [0.717, 1.165) is 33.4 Å². The van der Waals surface area contributed by atoms with Crippen LogP contribution in [0.5, 0.6) is 0 Å². The normalized spacial score (nSPS) is 12.9. The van der Waals surface area contributed by atoms with Gasteiger partial charge in [0.25, 0.3) is 5.91 Å². The highest BCUT2D eigenvalue weighted by Gasteiger charge is 2.29. The van der Waals surface area contributed by atoms with Crippen LogP contribution >= 0.6 is 0 Å². The van der Waals surface area contributed by atoms with Crippen molar-refractivity contribution in [3.63, 3.8) is 0 Å². The Morgan fingerprint density at radius 3 is 2.92 bits per heavy atom. The lowest BCUT2D eigenvalue weighted by atomic mass is 9.96. The fourth-order valence-electron chi connectivity index (χ4n) is 3.34. The first kappa shape index (κ1) is 16.0. The fraction of sp³-hybridized carbons (Fsp3) is 0.143. The predicted octanol–water partition coefficient (Wildman–Crippen LogP) is 3.64. The largest absolute Gasteiger partial charge is 0.329 e. The van der Waals surface area contributed by atoms with E-state index in [-0.39, 0.29) is 12.5 Å². The lowest BCUT2D eigenvalue weighted by Crippen LogP contribution is -2.25. The van der Waals surface area contributed by atoms with Crippen molar-refractivity contribution in [1.29, 1.82) is 5.26 Å². The van der Waals surface area contributed by atoms with Crippen LogP contribution in [0.4, 0.5) is 0 Å². The molecular weight excluding hydrogens is 324 g/mol. The summed E-state index contributed by atoms with van der Waals surface area (Å²) in [5, 5.41) is 9.94. The van der Waals surface area contributed by atoms with Crippen LogP contribution in [0, 0.1) is 18.3 Å². The summed E-state index contributed by atoms with van der Waals surface area (Å²) in [6, 6.07) is 13.8. The first-order valence-electron chi connectivity index (χ1n) is 8.29. The fourth-order valence-corrected chi connectivity index (χ4v) is 3.34. The van der Waals surface area contributed by atoms with Crippen LogP contribution in [0.25, 0.3) is 22.0 Å². The second kappa shape index (κ2) is 6.08. The summed E-state index contributed by atoms with van der Waals surface area (Å²) in [5.74, 6) is 0.668. The number of aryl methyl sites for hydroxylation is 1. The summed E-state index contributed by atoms with van der Waals surface area (Å²) in [5.41, 5.74) is 4.96. The van der Waals surface area contributed by atoms with Crippen molar-refractivity contribution in [2.45, 2.75) is 13.5 Å². The maximum absolute atomic E-state index is 12.6. The minimum atomic E-state index is -0.0581. The topological polar surface area (TPSA) is 69.9 Å². The second-order valence-electron chi connectivity index (χ2n) is 6.40. The Bertz CT molecular complexity index is 1110. The summed E-state index contributed by atoms with van der Waals surface area (Å²) in [7, 11) is 0. The van der Waals surface area contributed by atoms with Crippen molar-refractivity contribution in [3.8, 4) is 17.2 Å². The molecule has 126 valence electrons. The second-order valence-corrected chi connectivity index (χ2v) is 6.40. The van der Waals surface area contributed by atoms with Gasteiger partial charge in [-0.2, -0.15) is 5.26 Å². The molecule has 0 saturated heterocycles. The molecule has 0 spiro atoms. The third-order valence-electron chi connectivity index (χ3n) is 4.60. The Morgan fingerprint density at radius 1 is 1.31 bits per heavy atom. The van der Waals surface area contributed by atoms with Crippen LogP contribution in [0.3, 0.4) is 0 Å². The first-order valence-corrected chi connectivity index (χ1v) is 8.29. The predicted molar refractivity (Wildman–Crippen MR) is 99.2 cm³/mol. The Balaban J connectivity index is 1.78. The Labute approximate surface area is 151 Å². The van der Waals surface area contributed by atoms with Crippen LogP contribution in [-0.2, 0) is 6.54 Å². The average Bonchev–Trinajstić information content (AvgIpc) is 2.96. The van der Waals surface area contributed by atoms with Gasteiger partial charge in [-0.15, -0.1) is 0 Å². The standard InChI is InChI=1S/C21H16N4O/c1-13(9-22)11-25-12-19-17(4-3-5-18(19)21(25)26)15-6-7-16-10-23-14(2)24-20(16)8-15/h3-8,10H,1,11-12H2,2H3. The molecule has 0 N–H and O–H groups in total. The van der Waals surface area contributed by atoms with Crippen molar-refractivity contribution in [3.05, 3.63) is 71.7 Å². The number of carbonyl (C=O) groups excluding carboxylic acids is 1. The molecule has 1 amide bonds. The number of hydrogen-bond acceptors (Lipinski definition) is 4. The number of fused-ring (bicyclic) bond motifs is 2. The van der Waals surface area contributed by atoms with Crippen molar-refractivity contribution in [1.82, 2.24) is 14.9 Å². The van der Waals surface area contributed by atoms with E-state index in [1.54, 1.807) is 4.90 Å². The summed E-state index contributed by atoms with van der Waals surface area (Å²) in [6.07, 6.45) is 1.82. The number of aromatic nitrogens is 2. The molecule has 2 aromatic carbocycles. The van der Waals surface area contributed by atoms with Gasteiger partial charge in [-0.25, -0.2) is 9.97 Å². The SMILES string of the molecule is C=C(C#N)CN1Cc2c(cccc2-c2ccc3cnc(C)nc3c2)C1=O. The molecule has 0 aliphatic carbocycles. The number of nitrogens with zero attached hydrogens (tertiary/aromatic N) is 4. The molecule has 1 aliphatic heterocycles. The van der Waals surface area contributed by atoms with E-state index < -0.39 is 0 Å². The molecule has 0 unspecified atom stereocenters. The first-order chi connectivity index (χ1) is 12.6. The zero-order valence-corrected chi connectivity index (χ0v) is 14.4. The summed E-state index contributed by atoms with van der Waals surface area (Å²) >= 11 is 0. The zero-order chi connectivity index (χ0) is 18.3. The molecule has 0 atom stereocenters. The number of nitriles is 1. The van der Waals surface area contributed by atoms with Gasteiger partial charge in [0.15, 0.2) is 0 Å². The minimum Gasteiger partial charge on any atom is -0.329 e. The molecule has 5 nitrogen and oxygen atoms in total. The van der Waals surface area contributed by atoms with E-state index in [9.17, 15) is 4.79 Å². The van der Waals surface area contributed by atoms with Crippen LogP contribution in [0.1, 0.15) is 21.7 Å². The monoisotopic (exact) mass is 340 g/mol. The molecule has 0 saturated carbocycles.